The summed E-state index contributed by atoms with van der Waals surface area (Å²) in [7, 11) is 0. The maximum Gasteiger partial charge on any atom is 0.255 e. The Labute approximate surface area is 109 Å². The van der Waals surface area contributed by atoms with Crippen LogP contribution in [0.4, 0.5) is 0 Å². The molecule has 3 nitrogen and oxygen atoms in total. The van der Waals surface area contributed by atoms with Gasteiger partial charge in [0.2, 0.25) is 0 Å². The Hall–Kier alpha value is -1.25. The van der Waals surface area contributed by atoms with Gasteiger partial charge in [-0.2, -0.15) is 0 Å². The van der Waals surface area contributed by atoms with E-state index in [9.17, 15) is 4.79 Å². The van der Waals surface area contributed by atoms with E-state index in [0.29, 0.717) is 11.6 Å². The van der Waals surface area contributed by atoms with Gasteiger partial charge in [0.05, 0.1) is 5.56 Å². The topological polar surface area (TPSA) is 42.2 Å². The molecule has 1 aromatic heterocycles. The standard InChI is InChI=1S/C15H23NO2/c1-11-10-14(12(2)18-11)15(17)16-13-8-6-4-3-5-7-9-13/h10,13H,3-9H2,1-2H3,(H,16,17). The Bertz CT molecular complexity index is 401. The minimum atomic E-state index is 0.0231. The Morgan fingerprint density at radius 3 is 2.33 bits per heavy atom. The van der Waals surface area contributed by atoms with Gasteiger partial charge in [0, 0.05) is 6.04 Å². The first kappa shape index (κ1) is 13.2. The molecule has 0 bridgehead atoms. The smallest absolute Gasteiger partial charge is 0.255 e. The molecule has 0 aromatic carbocycles. The zero-order chi connectivity index (χ0) is 13.0. The Balaban J connectivity index is 1.95. The van der Waals surface area contributed by atoms with Crippen molar-refractivity contribution in [1.29, 1.82) is 0 Å². The van der Waals surface area contributed by atoms with Crippen LogP contribution >= 0.6 is 0 Å². The molecule has 1 heterocycles. The van der Waals surface area contributed by atoms with Gasteiger partial charge in [-0.3, -0.25) is 4.79 Å². The van der Waals surface area contributed by atoms with Crippen LogP contribution < -0.4 is 5.32 Å². The summed E-state index contributed by atoms with van der Waals surface area (Å²) in [6.45, 7) is 3.72. The molecule has 1 fully saturated rings. The molecule has 2 rings (SSSR count). The molecule has 1 aliphatic carbocycles. The van der Waals surface area contributed by atoms with Gasteiger partial charge in [-0.1, -0.05) is 32.1 Å². The van der Waals surface area contributed by atoms with Crippen molar-refractivity contribution in [1.82, 2.24) is 5.32 Å². The molecule has 0 spiro atoms. The van der Waals surface area contributed by atoms with Crippen molar-refractivity contribution in [2.75, 3.05) is 0 Å². The van der Waals surface area contributed by atoms with Crippen molar-refractivity contribution in [2.45, 2.75) is 64.8 Å². The summed E-state index contributed by atoms with van der Waals surface area (Å²) in [5.74, 6) is 1.54. The quantitative estimate of drug-likeness (QED) is 0.867. The summed E-state index contributed by atoms with van der Waals surface area (Å²) in [4.78, 5) is 12.2. The molecule has 0 saturated heterocycles. The number of carbonyl (C=O) groups is 1. The molecule has 1 aromatic rings. The average Bonchev–Trinajstić information content (AvgIpc) is 2.61. The van der Waals surface area contributed by atoms with Gasteiger partial charge in [0.15, 0.2) is 0 Å². The summed E-state index contributed by atoms with van der Waals surface area (Å²) in [6, 6.07) is 2.17. The van der Waals surface area contributed by atoms with Crippen LogP contribution in [0.15, 0.2) is 10.5 Å². The third kappa shape index (κ3) is 3.37. The molecule has 1 amide bonds. The van der Waals surface area contributed by atoms with Crippen molar-refractivity contribution in [3.05, 3.63) is 23.2 Å². The number of carbonyl (C=O) groups excluding carboxylic acids is 1. The second-order valence-corrected chi connectivity index (χ2v) is 5.34. The summed E-state index contributed by atoms with van der Waals surface area (Å²) in [6.07, 6.45) is 8.64. The minimum Gasteiger partial charge on any atom is -0.466 e. The molecular weight excluding hydrogens is 226 g/mol. The van der Waals surface area contributed by atoms with Crippen molar-refractivity contribution >= 4 is 5.91 Å². The number of furan rings is 1. The van der Waals surface area contributed by atoms with Crippen molar-refractivity contribution < 1.29 is 9.21 Å². The predicted molar refractivity (Wildman–Crippen MR) is 71.8 cm³/mol. The van der Waals surface area contributed by atoms with Crippen LogP contribution in [0.25, 0.3) is 0 Å². The fourth-order valence-electron chi connectivity index (χ4n) is 2.72. The van der Waals surface area contributed by atoms with E-state index in [4.69, 9.17) is 4.42 Å². The number of rotatable bonds is 2. The van der Waals surface area contributed by atoms with E-state index >= 15 is 0 Å². The third-order valence-corrected chi connectivity index (χ3v) is 3.73. The molecule has 0 aliphatic heterocycles. The van der Waals surface area contributed by atoms with E-state index < -0.39 is 0 Å². The zero-order valence-corrected chi connectivity index (χ0v) is 11.4. The highest BCUT2D eigenvalue weighted by atomic mass is 16.3. The normalized spacial score (nSPS) is 18.1. The first-order chi connectivity index (χ1) is 8.66. The second kappa shape index (κ2) is 6.07. The maximum absolute atomic E-state index is 12.2. The third-order valence-electron chi connectivity index (χ3n) is 3.73. The number of aryl methyl sites for hydroxylation is 2. The van der Waals surface area contributed by atoms with Gasteiger partial charge in [-0.05, 0) is 32.8 Å². The Morgan fingerprint density at radius 2 is 1.78 bits per heavy atom. The van der Waals surface area contributed by atoms with Crippen LogP contribution in [-0.4, -0.2) is 11.9 Å². The lowest BCUT2D eigenvalue weighted by molar-refractivity contribution is 0.0929. The van der Waals surface area contributed by atoms with E-state index in [1.165, 1.54) is 32.1 Å². The maximum atomic E-state index is 12.2. The van der Waals surface area contributed by atoms with Gasteiger partial charge < -0.3 is 9.73 Å². The van der Waals surface area contributed by atoms with Crippen LogP contribution in [-0.2, 0) is 0 Å². The van der Waals surface area contributed by atoms with E-state index in [0.717, 1.165) is 24.4 Å². The second-order valence-electron chi connectivity index (χ2n) is 5.34. The summed E-state index contributed by atoms with van der Waals surface area (Å²) >= 11 is 0. The van der Waals surface area contributed by atoms with Crippen molar-refractivity contribution in [2.24, 2.45) is 0 Å². The number of hydrogen-bond acceptors (Lipinski definition) is 2. The first-order valence-electron chi connectivity index (χ1n) is 7.04. The summed E-state index contributed by atoms with van der Waals surface area (Å²) < 4.78 is 5.41. The average molecular weight is 249 g/mol. The summed E-state index contributed by atoms with van der Waals surface area (Å²) in [5, 5.41) is 3.16. The van der Waals surface area contributed by atoms with Crippen LogP contribution in [0.2, 0.25) is 0 Å². The molecule has 0 radical (unpaired) electrons. The predicted octanol–water partition coefficient (Wildman–Crippen LogP) is 3.74. The number of hydrogen-bond donors (Lipinski definition) is 1. The van der Waals surface area contributed by atoms with Gasteiger partial charge >= 0.3 is 0 Å². The lowest BCUT2D eigenvalue weighted by Crippen LogP contribution is -2.35. The Morgan fingerprint density at radius 1 is 1.17 bits per heavy atom. The highest BCUT2D eigenvalue weighted by molar-refractivity contribution is 5.95. The number of amides is 1. The fraction of sp³-hybridized carbons (Fsp3) is 0.667. The highest BCUT2D eigenvalue weighted by Crippen LogP contribution is 2.19. The zero-order valence-electron chi connectivity index (χ0n) is 11.4. The first-order valence-corrected chi connectivity index (χ1v) is 7.04. The van der Waals surface area contributed by atoms with Gasteiger partial charge in [0.25, 0.3) is 5.91 Å². The molecule has 1 saturated carbocycles. The molecule has 100 valence electrons. The van der Waals surface area contributed by atoms with Gasteiger partial charge in [-0.15, -0.1) is 0 Å². The van der Waals surface area contributed by atoms with Gasteiger partial charge in [-0.25, -0.2) is 0 Å². The van der Waals surface area contributed by atoms with E-state index in [1.807, 2.05) is 19.9 Å². The van der Waals surface area contributed by atoms with E-state index in [1.54, 1.807) is 0 Å². The SMILES string of the molecule is Cc1cc(C(=O)NC2CCCCCCC2)c(C)o1. The van der Waals surface area contributed by atoms with E-state index in [-0.39, 0.29) is 5.91 Å². The minimum absolute atomic E-state index is 0.0231. The monoisotopic (exact) mass is 249 g/mol. The molecule has 1 aliphatic rings. The van der Waals surface area contributed by atoms with Gasteiger partial charge in [0.1, 0.15) is 11.5 Å². The van der Waals surface area contributed by atoms with Crippen LogP contribution in [0.5, 0.6) is 0 Å². The van der Waals surface area contributed by atoms with E-state index in [2.05, 4.69) is 5.32 Å². The lowest BCUT2D eigenvalue weighted by atomic mass is 9.96. The molecular formula is C15H23NO2. The molecule has 0 atom stereocenters. The molecule has 18 heavy (non-hydrogen) atoms. The molecule has 0 unspecified atom stereocenters. The van der Waals surface area contributed by atoms with Crippen LogP contribution in [0, 0.1) is 13.8 Å². The van der Waals surface area contributed by atoms with Crippen LogP contribution in [0.3, 0.4) is 0 Å². The van der Waals surface area contributed by atoms with Crippen LogP contribution in [0.1, 0.15) is 66.8 Å². The lowest BCUT2D eigenvalue weighted by Gasteiger charge is -2.20. The number of nitrogens with one attached hydrogen (secondary N) is 1. The summed E-state index contributed by atoms with van der Waals surface area (Å²) in [5.41, 5.74) is 0.689. The molecule has 3 heteroatoms. The largest absolute Gasteiger partial charge is 0.466 e. The Kier molecular flexibility index (Phi) is 4.45. The van der Waals surface area contributed by atoms with Crippen molar-refractivity contribution in [3.8, 4) is 0 Å². The van der Waals surface area contributed by atoms with Crippen molar-refractivity contribution in [3.63, 3.8) is 0 Å². The highest BCUT2D eigenvalue weighted by Gasteiger charge is 2.18. The fourth-order valence-corrected chi connectivity index (χ4v) is 2.72. The molecule has 1 N–H and O–H groups in total.